The second-order valence-corrected chi connectivity index (χ2v) is 12.3. The van der Waals surface area contributed by atoms with Crippen LogP contribution in [0, 0.1) is 5.92 Å². The molecule has 3 unspecified atom stereocenters. The highest BCUT2D eigenvalue weighted by Crippen LogP contribution is 2.52. The SMILES string of the molecule is CC1(C)ON(O[Si](C)(C)C)C2C(c3ccccc3)CCC21. The van der Waals surface area contributed by atoms with Crippen LogP contribution in [0.1, 0.15) is 38.2 Å². The van der Waals surface area contributed by atoms with Crippen LogP contribution in [0.2, 0.25) is 19.6 Å². The van der Waals surface area contributed by atoms with Crippen molar-refractivity contribution in [3.8, 4) is 0 Å². The fourth-order valence-electron chi connectivity index (χ4n) is 3.81. The Hall–Kier alpha value is -0.683. The molecule has 1 aliphatic heterocycles. The maximum absolute atomic E-state index is 6.25. The topological polar surface area (TPSA) is 21.7 Å². The molecule has 3 rings (SSSR count). The van der Waals surface area contributed by atoms with Crippen molar-refractivity contribution in [1.29, 1.82) is 0 Å². The highest BCUT2D eigenvalue weighted by atomic mass is 28.4. The van der Waals surface area contributed by atoms with Crippen molar-refractivity contribution < 1.29 is 9.36 Å². The second kappa shape index (κ2) is 5.20. The van der Waals surface area contributed by atoms with E-state index in [2.05, 4.69) is 63.8 Å². The molecule has 4 heteroatoms. The van der Waals surface area contributed by atoms with Gasteiger partial charge in [0.05, 0.1) is 11.6 Å². The molecule has 0 bridgehead atoms. The lowest BCUT2D eigenvalue weighted by molar-refractivity contribution is -0.344. The monoisotopic (exact) mass is 305 g/mol. The first-order valence-electron chi connectivity index (χ1n) is 8.00. The molecular formula is C17H27NO2Si. The van der Waals surface area contributed by atoms with Crippen molar-refractivity contribution in [1.82, 2.24) is 5.23 Å². The number of hydrogen-bond acceptors (Lipinski definition) is 3. The zero-order valence-corrected chi connectivity index (χ0v) is 14.8. The zero-order valence-electron chi connectivity index (χ0n) is 13.8. The zero-order chi connectivity index (χ0) is 15.3. The predicted octanol–water partition coefficient (Wildman–Crippen LogP) is 4.34. The molecule has 1 aromatic carbocycles. The molecule has 1 saturated heterocycles. The molecular weight excluding hydrogens is 278 g/mol. The van der Waals surface area contributed by atoms with E-state index < -0.39 is 8.32 Å². The molecule has 2 fully saturated rings. The normalized spacial score (nSPS) is 32.3. The van der Waals surface area contributed by atoms with Gasteiger partial charge >= 0.3 is 0 Å². The molecule has 3 nitrogen and oxygen atoms in total. The van der Waals surface area contributed by atoms with Gasteiger partial charge in [0.15, 0.2) is 0 Å². The maximum Gasteiger partial charge on any atom is 0.215 e. The first kappa shape index (κ1) is 15.2. The minimum Gasteiger partial charge on any atom is -0.321 e. The summed E-state index contributed by atoms with van der Waals surface area (Å²) in [4.78, 5) is 6.19. The number of hydrogen-bond donors (Lipinski definition) is 0. The van der Waals surface area contributed by atoms with Crippen LogP contribution in [0.3, 0.4) is 0 Å². The van der Waals surface area contributed by atoms with Gasteiger partial charge in [0.1, 0.15) is 0 Å². The standard InChI is InChI=1S/C17H27NO2Si/c1-17(2)15-12-11-14(13-9-7-6-8-10-13)16(15)18(19-17)20-21(3,4)5/h6-10,14-16H,11-12H2,1-5H3. The van der Waals surface area contributed by atoms with E-state index in [0.29, 0.717) is 17.9 Å². The van der Waals surface area contributed by atoms with Crippen molar-refractivity contribution in [3.63, 3.8) is 0 Å². The smallest absolute Gasteiger partial charge is 0.215 e. The fourth-order valence-corrected chi connectivity index (χ4v) is 4.51. The summed E-state index contributed by atoms with van der Waals surface area (Å²) >= 11 is 0. The van der Waals surface area contributed by atoms with Crippen molar-refractivity contribution in [2.24, 2.45) is 5.92 Å². The van der Waals surface area contributed by atoms with Gasteiger partial charge in [0.25, 0.3) is 0 Å². The third kappa shape index (κ3) is 2.95. The fraction of sp³-hybridized carbons (Fsp3) is 0.647. The summed E-state index contributed by atoms with van der Waals surface area (Å²) < 4.78 is 6.25. The van der Waals surface area contributed by atoms with Gasteiger partial charge in [-0.3, -0.25) is 4.84 Å². The Morgan fingerprint density at radius 2 is 1.81 bits per heavy atom. The van der Waals surface area contributed by atoms with Gasteiger partial charge in [0.2, 0.25) is 8.32 Å². The van der Waals surface area contributed by atoms with E-state index in [-0.39, 0.29) is 5.60 Å². The van der Waals surface area contributed by atoms with E-state index >= 15 is 0 Å². The molecule has 0 amide bonds. The Morgan fingerprint density at radius 1 is 1.14 bits per heavy atom. The van der Waals surface area contributed by atoms with Gasteiger partial charge in [0, 0.05) is 11.8 Å². The van der Waals surface area contributed by atoms with Crippen LogP contribution < -0.4 is 0 Å². The van der Waals surface area contributed by atoms with Gasteiger partial charge in [-0.15, -0.1) is 0 Å². The quantitative estimate of drug-likeness (QED) is 0.775. The summed E-state index contributed by atoms with van der Waals surface area (Å²) in [6, 6.07) is 11.2. The average Bonchev–Trinajstić information content (AvgIpc) is 2.90. The Morgan fingerprint density at radius 3 is 2.43 bits per heavy atom. The van der Waals surface area contributed by atoms with Gasteiger partial charge in [-0.1, -0.05) is 35.6 Å². The number of hydroxylamine groups is 2. The summed E-state index contributed by atoms with van der Waals surface area (Å²) in [7, 11) is -1.67. The van der Waals surface area contributed by atoms with Crippen LogP contribution in [0.15, 0.2) is 30.3 Å². The molecule has 0 radical (unpaired) electrons. The van der Waals surface area contributed by atoms with Crippen molar-refractivity contribution in [3.05, 3.63) is 35.9 Å². The lowest BCUT2D eigenvalue weighted by Gasteiger charge is -2.31. The van der Waals surface area contributed by atoms with Crippen LogP contribution >= 0.6 is 0 Å². The van der Waals surface area contributed by atoms with Gasteiger partial charge < -0.3 is 4.53 Å². The van der Waals surface area contributed by atoms with Crippen LogP contribution in [-0.4, -0.2) is 25.2 Å². The molecule has 1 aromatic rings. The summed E-state index contributed by atoms with van der Waals surface area (Å²) in [5, 5.41) is 1.88. The Labute approximate surface area is 129 Å². The lowest BCUT2D eigenvalue weighted by atomic mass is 9.85. The largest absolute Gasteiger partial charge is 0.321 e. The summed E-state index contributed by atoms with van der Waals surface area (Å²) in [6.45, 7) is 11.0. The summed E-state index contributed by atoms with van der Waals surface area (Å²) in [6.07, 6.45) is 2.43. The molecule has 116 valence electrons. The minimum atomic E-state index is -1.67. The molecule has 1 aliphatic carbocycles. The maximum atomic E-state index is 6.25. The third-order valence-electron chi connectivity index (χ3n) is 4.67. The number of fused-ring (bicyclic) bond motifs is 1. The molecule has 3 atom stereocenters. The van der Waals surface area contributed by atoms with Crippen molar-refractivity contribution >= 4 is 8.32 Å². The first-order valence-corrected chi connectivity index (χ1v) is 11.4. The number of nitrogens with zero attached hydrogens (tertiary/aromatic N) is 1. The van der Waals surface area contributed by atoms with Crippen molar-refractivity contribution in [2.45, 2.75) is 63.9 Å². The summed E-state index contributed by atoms with van der Waals surface area (Å²) in [5.74, 6) is 1.05. The van der Waals surface area contributed by atoms with Crippen molar-refractivity contribution in [2.75, 3.05) is 0 Å². The number of rotatable bonds is 3. The van der Waals surface area contributed by atoms with Gasteiger partial charge in [-0.05, 0) is 51.9 Å². The van der Waals surface area contributed by atoms with E-state index in [4.69, 9.17) is 9.36 Å². The highest BCUT2D eigenvalue weighted by molar-refractivity contribution is 6.69. The predicted molar refractivity (Wildman–Crippen MR) is 87.1 cm³/mol. The van der Waals surface area contributed by atoms with Gasteiger partial charge in [-0.2, -0.15) is 0 Å². The Balaban J connectivity index is 1.89. The van der Waals surface area contributed by atoms with Crippen LogP contribution in [0.4, 0.5) is 0 Å². The molecule has 0 N–H and O–H groups in total. The molecule has 2 aliphatic rings. The lowest BCUT2D eigenvalue weighted by Crippen LogP contribution is -2.42. The average molecular weight is 305 g/mol. The van der Waals surface area contributed by atoms with E-state index in [1.165, 1.54) is 18.4 Å². The minimum absolute atomic E-state index is 0.131. The molecule has 0 aromatic heterocycles. The molecule has 21 heavy (non-hydrogen) atoms. The van der Waals surface area contributed by atoms with E-state index in [0.717, 1.165) is 0 Å². The van der Waals surface area contributed by atoms with Crippen LogP contribution in [0.5, 0.6) is 0 Å². The third-order valence-corrected chi connectivity index (χ3v) is 5.39. The van der Waals surface area contributed by atoms with E-state index in [1.807, 2.05) is 5.23 Å². The molecule has 1 saturated carbocycles. The first-order chi connectivity index (χ1) is 9.78. The van der Waals surface area contributed by atoms with Crippen LogP contribution in [-0.2, 0) is 9.36 Å². The van der Waals surface area contributed by atoms with Gasteiger partial charge in [-0.25, -0.2) is 0 Å². The Bertz CT molecular complexity index is 495. The van der Waals surface area contributed by atoms with E-state index in [1.54, 1.807) is 0 Å². The van der Waals surface area contributed by atoms with Crippen LogP contribution in [0.25, 0.3) is 0 Å². The van der Waals surface area contributed by atoms with E-state index in [9.17, 15) is 0 Å². The second-order valence-electron chi connectivity index (χ2n) is 7.88. The highest BCUT2D eigenvalue weighted by Gasteiger charge is 2.56. The summed E-state index contributed by atoms with van der Waals surface area (Å²) in [5.41, 5.74) is 1.28. The number of benzene rings is 1. The molecule has 1 heterocycles. The Kier molecular flexibility index (Phi) is 3.77. The molecule has 0 spiro atoms.